The van der Waals surface area contributed by atoms with Crippen LogP contribution in [0.1, 0.15) is 18.1 Å². The summed E-state index contributed by atoms with van der Waals surface area (Å²) < 4.78 is 34.6. The zero-order valence-electron chi connectivity index (χ0n) is 20.0. The first-order chi connectivity index (χ1) is 16.8. The average molecular weight is 489 g/mol. The number of piperazine rings is 1. The third kappa shape index (κ3) is 4.59. The zero-order valence-corrected chi connectivity index (χ0v) is 20.9. The first kappa shape index (κ1) is 23.3. The maximum atomic E-state index is 13.8. The van der Waals surface area contributed by atoms with Crippen molar-refractivity contribution in [2.45, 2.75) is 31.7 Å². The standard InChI is InChI=1S/C27H28N4O3S/c1-19-11-13-22(14-12-19)26-28-27(34-29-26)24-9-4-5-10-25(24)35(32,33)30-15-16-31(21(3)18-30)23-8-6-7-20(2)17-23/h4-14,17,21H,15-16,18H2,1-3H3. The fourth-order valence-electron chi connectivity index (χ4n) is 4.49. The first-order valence-corrected chi connectivity index (χ1v) is 13.1. The summed E-state index contributed by atoms with van der Waals surface area (Å²) in [6.45, 7) is 7.53. The SMILES string of the molecule is Cc1ccc(-c2noc(-c3ccccc3S(=O)(=O)N3CCN(c4cccc(C)c4)C(C)C3)n2)cc1. The highest BCUT2D eigenvalue weighted by Crippen LogP contribution is 2.32. The molecule has 0 N–H and O–H groups in total. The van der Waals surface area contributed by atoms with Gasteiger partial charge >= 0.3 is 0 Å². The number of hydrogen-bond acceptors (Lipinski definition) is 6. The highest BCUT2D eigenvalue weighted by atomic mass is 32.2. The summed E-state index contributed by atoms with van der Waals surface area (Å²) in [5.74, 6) is 0.610. The molecule has 0 spiro atoms. The molecule has 180 valence electrons. The minimum absolute atomic E-state index is 0.0315. The smallest absolute Gasteiger partial charge is 0.259 e. The first-order valence-electron chi connectivity index (χ1n) is 11.7. The van der Waals surface area contributed by atoms with Gasteiger partial charge in [-0.1, -0.05) is 59.3 Å². The lowest BCUT2D eigenvalue weighted by Crippen LogP contribution is -2.53. The molecule has 8 heteroatoms. The average Bonchev–Trinajstić information content (AvgIpc) is 3.34. The van der Waals surface area contributed by atoms with Gasteiger partial charge in [-0.05, 0) is 50.6 Å². The van der Waals surface area contributed by atoms with Gasteiger partial charge in [-0.25, -0.2) is 8.42 Å². The van der Waals surface area contributed by atoms with E-state index in [-0.39, 0.29) is 16.8 Å². The predicted octanol–water partition coefficient (Wildman–Crippen LogP) is 4.92. The van der Waals surface area contributed by atoms with Crippen LogP contribution < -0.4 is 4.90 Å². The summed E-state index contributed by atoms with van der Waals surface area (Å²) in [5, 5.41) is 4.09. The van der Waals surface area contributed by atoms with E-state index in [4.69, 9.17) is 4.52 Å². The minimum Gasteiger partial charge on any atom is -0.366 e. The number of nitrogens with zero attached hydrogens (tertiary/aromatic N) is 4. The Hall–Kier alpha value is -3.49. The molecule has 1 unspecified atom stereocenters. The maximum absolute atomic E-state index is 13.8. The highest BCUT2D eigenvalue weighted by Gasteiger charge is 2.34. The van der Waals surface area contributed by atoms with Crippen molar-refractivity contribution in [3.63, 3.8) is 0 Å². The Morgan fingerprint density at radius 2 is 1.69 bits per heavy atom. The molecule has 5 rings (SSSR count). The van der Waals surface area contributed by atoms with Crippen molar-refractivity contribution in [3.8, 4) is 22.8 Å². The van der Waals surface area contributed by atoms with Crippen molar-refractivity contribution in [2.24, 2.45) is 0 Å². The third-order valence-electron chi connectivity index (χ3n) is 6.39. The Kier molecular flexibility index (Phi) is 6.17. The lowest BCUT2D eigenvalue weighted by molar-refractivity contribution is 0.342. The number of rotatable bonds is 5. The largest absolute Gasteiger partial charge is 0.366 e. The molecule has 0 amide bonds. The molecule has 1 aliphatic heterocycles. The molecule has 3 aromatic carbocycles. The van der Waals surface area contributed by atoms with Crippen LogP contribution in [0.25, 0.3) is 22.8 Å². The number of aryl methyl sites for hydroxylation is 2. The quantitative estimate of drug-likeness (QED) is 0.397. The topological polar surface area (TPSA) is 79.5 Å². The molecule has 1 aromatic heterocycles. The predicted molar refractivity (Wildman–Crippen MR) is 137 cm³/mol. The second-order valence-corrected chi connectivity index (χ2v) is 10.9. The number of benzene rings is 3. The van der Waals surface area contributed by atoms with Gasteiger partial charge < -0.3 is 9.42 Å². The Morgan fingerprint density at radius 1 is 0.914 bits per heavy atom. The molecule has 0 radical (unpaired) electrons. The van der Waals surface area contributed by atoms with E-state index in [1.807, 2.05) is 37.3 Å². The molecule has 35 heavy (non-hydrogen) atoms. The Balaban J connectivity index is 1.42. The molecule has 0 aliphatic carbocycles. The molecular weight excluding hydrogens is 460 g/mol. The molecule has 1 aliphatic rings. The Morgan fingerprint density at radius 3 is 2.43 bits per heavy atom. The molecule has 0 bridgehead atoms. The highest BCUT2D eigenvalue weighted by molar-refractivity contribution is 7.89. The van der Waals surface area contributed by atoms with Gasteiger partial charge in [-0.2, -0.15) is 9.29 Å². The lowest BCUT2D eigenvalue weighted by atomic mass is 10.1. The van der Waals surface area contributed by atoms with Crippen LogP contribution in [0.15, 0.2) is 82.2 Å². The second kappa shape index (κ2) is 9.28. The number of sulfonamides is 1. The van der Waals surface area contributed by atoms with Gasteiger partial charge in [-0.3, -0.25) is 0 Å². The van der Waals surface area contributed by atoms with Crippen LogP contribution in [0.3, 0.4) is 0 Å². The number of hydrogen-bond donors (Lipinski definition) is 0. The Labute approximate surface area is 206 Å². The van der Waals surface area contributed by atoms with Crippen molar-refractivity contribution in [2.75, 3.05) is 24.5 Å². The van der Waals surface area contributed by atoms with Crippen LogP contribution >= 0.6 is 0 Å². The van der Waals surface area contributed by atoms with Gasteiger partial charge in [0.2, 0.25) is 15.8 Å². The molecule has 7 nitrogen and oxygen atoms in total. The molecular formula is C27H28N4O3S. The molecule has 2 heterocycles. The summed E-state index contributed by atoms with van der Waals surface area (Å²) in [7, 11) is -3.77. The number of aromatic nitrogens is 2. The Bertz CT molecular complexity index is 1450. The van der Waals surface area contributed by atoms with E-state index in [0.29, 0.717) is 31.0 Å². The normalized spacial score (nSPS) is 17.0. The maximum Gasteiger partial charge on any atom is 0.259 e. The second-order valence-electron chi connectivity index (χ2n) is 9.03. The summed E-state index contributed by atoms with van der Waals surface area (Å²) in [4.78, 5) is 6.94. The van der Waals surface area contributed by atoms with Crippen LogP contribution in [-0.2, 0) is 10.0 Å². The van der Waals surface area contributed by atoms with Crippen LogP contribution in [0.2, 0.25) is 0 Å². The van der Waals surface area contributed by atoms with Crippen LogP contribution in [-0.4, -0.2) is 48.5 Å². The fourth-order valence-corrected chi connectivity index (χ4v) is 6.19. The van der Waals surface area contributed by atoms with Gasteiger partial charge in [0.05, 0.1) is 10.5 Å². The monoisotopic (exact) mass is 488 g/mol. The van der Waals surface area contributed by atoms with Gasteiger partial charge in [0, 0.05) is 36.9 Å². The van der Waals surface area contributed by atoms with Crippen LogP contribution in [0.5, 0.6) is 0 Å². The molecule has 1 fully saturated rings. The zero-order chi connectivity index (χ0) is 24.6. The fraction of sp³-hybridized carbons (Fsp3) is 0.259. The minimum atomic E-state index is -3.77. The number of anilines is 1. The third-order valence-corrected chi connectivity index (χ3v) is 8.32. The summed E-state index contributed by atoms with van der Waals surface area (Å²) in [5.41, 5.74) is 4.65. The van der Waals surface area contributed by atoms with Crippen LogP contribution in [0, 0.1) is 13.8 Å². The van der Waals surface area contributed by atoms with Gasteiger partial charge in [0.15, 0.2) is 0 Å². The van der Waals surface area contributed by atoms with E-state index in [0.717, 1.165) is 16.8 Å². The summed E-state index contributed by atoms with van der Waals surface area (Å²) >= 11 is 0. The van der Waals surface area contributed by atoms with E-state index in [9.17, 15) is 8.42 Å². The van der Waals surface area contributed by atoms with E-state index in [1.165, 1.54) is 5.56 Å². The molecule has 1 saturated heterocycles. The van der Waals surface area contributed by atoms with Crippen molar-refractivity contribution in [3.05, 3.63) is 83.9 Å². The van der Waals surface area contributed by atoms with Gasteiger partial charge in [0.25, 0.3) is 5.89 Å². The molecule has 4 aromatic rings. The van der Waals surface area contributed by atoms with Crippen LogP contribution in [0.4, 0.5) is 5.69 Å². The van der Waals surface area contributed by atoms with E-state index >= 15 is 0 Å². The van der Waals surface area contributed by atoms with E-state index < -0.39 is 10.0 Å². The van der Waals surface area contributed by atoms with Crippen molar-refractivity contribution in [1.29, 1.82) is 0 Å². The van der Waals surface area contributed by atoms with Crippen molar-refractivity contribution in [1.82, 2.24) is 14.4 Å². The van der Waals surface area contributed by atoms with E-state index in [1.54, 1.807) is 28.6 Å². The summed E-state index contributed by atoms with van der Waals surface area (Å²) in [6.07, 6.45) is 0. The lowest BCUT2D eigenvalue weighted by Gasteiger charge is -2.40. The van der Waals surface area contributed by atoms with Crippen molar-refractivity contribution < 1.29 is 12.9 Å². The van der Waals surface area contributed by atoms with Crippen molar-refractivity contribution >= 4 is 15.7 Å². The van der Waals surface area contributed by atoms with Gasteiger partial charge in [0.1, 0.15) is 0 Å². The summed E-state index contributed by atoms with van der Waals surface area (Å²) in [6, 6.07) is 22.9. The van der Waals surface area contributed by atoms with E-state index in [2.05, 4.69) is 47.1 Å². The molecule has 0 saturated carbocycles. The molecule has 1 atom stereocenters. The van der Waals surface area contributed by atoms with Gasteiger partial charge in [-0.15, -0.1) is 0 Å².